The van der Waals surface area contributed by atoms with Gasteiger partial charge < -0.3 is 4.74 Å². The van der Waals surface area contributed by atoms with E-state index >= 15 is 0 Å². The third kappa shape index (κ3) is 4.33. The number of nitrogens with zero attached hydrogens (tertiary/aromatic N) is 4. The summed E-state index contributed by atoms with van der Waals surface area (Å²) in [6.07, 6.45) is 0. The number of thiazole rings is 1. The summed E-state index contributed by atoms with van der Waals surface area (Å²) in [4.78, 5) is 17.3. The van der Waals surface area contributed by atoms with E-state index in [9.17, 15) is 17.8 Å². The van der Waals surface area contributed by atoms with E-state index in [0.29, 0.717) is 27.3 Å². The van der Waals surface area contributed by atoms with Crippen molar-refractivity contribution in [2.75, 3.05) is 7.11 Å². The summed E-state index contributed by atoms with van der Waals surface area (Å²) in [6, 6.07) is 17.2. The number of benzene rings is 3. The highest BCUT2D eigenvalue weighted by atomic mass is 32.2. The molecular weight excluding hydrogens is 502 g/mol. The monoisotopic (exact) mass is 521 g/mol. The predicted octanol–water partition coefficient (Wildman–Crippen LogP) is 5.42. The van der Waals surface area contributed by atoms with Gasteiger partial charge in [-0.1, -0.05) is 30.3 Å². The lowest BCUT2D eigenvalue weighted by Gasteiger charge is -2.06. The second kappa shape index (κ2) is 9.15. The Morgan fingerprint density at radius 1 is 1.06 bits per heavy atom. The molecule has 5 aromatic rings. The molecule has 12 heteroatoms. The van der Waals surface area contributed by atoms with Crippen LogP contribution in [0.4, 0.5) is 11.4 Å². The van der Waals surface area contributed by atoms with Crippen LogP contribution in [0.2, 0.25) is 0 Å². The molecule has 0 unspecified atom stereocenters. The van der Waals surface area contributed by atoms with E-state index in [1.165, 1.54) is 22.1 Å². The molecule has 0 radical (unpaired) electrons. The Kier molecular flexibility index (Phi) is 6.00. The van der Waals surface area contributed by atoms with Gasteiger partial charge in [-0.3, -0.25) is 14.4 Å². The molecule has 10 nitrogen and oxygen atoms in total. The lowest BCUT2D eigenvalue weighted by Crippen LogP contribution is -2.13. The molecule has 0 saturated heterocycles. The van der Waals surface area contributed by atoms with E-state index in [4.69, 9.17) is 4.74 Å². The molecule has 2 N–H and O–H groups in total. The van der Waals surface area contributed by atoms with Crippen LogP contribution in [0.25, 0.3) is 27.2 Å². The van der Waals surface area contributed by atoms with Crippen molar-refractivity contribution in [2.45, 2.75) is 11.8 Å². The molecule has 0 aliphatic rings. The Morgan fingerprint density at radius 2 is 1.81 bits per heavy atom. The van der Waals surface area contributed by atoms with E-state index in [-0.39, 0.29) is 16.3 Å². The molecule has 3 aromatic carbocycles. The summed E-state index contributed by atoms with van der Waals surface area (Å²) in [5.41, 5.74) is 1.38. The quantitative estimate of drug-likeness (QED) is 0.226. The minimum Gasteiger partial charge on any atom is -0.497 e. The summed E-state index contributed by atoms with van der Waals surface area (Å²) >= 11 is 1.27. The van der Waals surface area contributed by atoms with Crippen LogP contribution >= 0.6 is 11.3 Å². The van der Waals surface area contributed by atoms with Crippen LogP contribution in [-0.2, 0) is 10.1 Å². The van der Waals surface area contributed by atoms with Crippen molar-refractivity contribution < 1.29 is 17.7 Å². The molecule has 2 aromatic heterocycles. The number of rotatable bonds is 6. The summed E-state index contributed by atoms with van der Waals surface area (Å²) in [7, 11) is -3.02. The molecule has 0 fully saturated rings. The topological polar surface area (TPSA) is 139 Å². The van der Waals surface area contributed by atoms with Crippen molar-refractivity contribution in [1.82, 2.24) is 14.8 Å². The number of methoxy groups -OCH3 is 1. The highest BCUT2D eigenvalue weighted by molar-refractivity contribution is 7.86. The maximum atomic E-state index is 13.1. The number of hydrogen-bond acceptors (Lipinski definition) is 8. The fourth-order valence-electron chi connectivity index (χ4n) is 3.74. The molecule has 0 amide bonds. The number of aromatic amines is 1. The number of fused-ring (bicyclic) bond motifs is 1. The van der Waals surface area contributed by atoms with Crippen LogP contribution in [0.15, 0.2) is 86.0 Å². The highest BCUT2D eigenvalue weighted by Crippen LogP contribution is 2.33. The fourth-order valence-corrected chi connectivity index (χ4v) is 5.36. The normalized spacial score (nSPS) is 12.0. The fraction of sp³-hybridized carbons (Fsp3) is 0.0833. The predicted molar refractivity (Wildman–Crippen MR) is 137 cm³/mol. The molecule has 0 saturated carbocycles. The molecular formula is C24H19N5O5S2. The molecule has 0 atom stereocenters. The smallest absolute Gasteiger partial charge is 0.301 e. The van der Waals surface area contributed by atoms with E-state index in [0.717, 1.165) is 11.3 Å². The first-order valence-electron chi connectivity index (χ1n) is 10.6. The molecule has 0 spiro atoms. The average molecular weight is 522 g/mol. The Hall–Kier alpha value is -4.13. The summed E-state index contributed by atoms with van der Waals surface area (Å²) in [5.74, 6) is 0.726. The lowest BCUT2D eigenvalue weighted by atomic mass is 10.1. The third-order valence-corrected chi connectivity index (χ3v) is 7.25. The van der Waals surface area contributed by atoms with E-state index < -0.39 is 15.7 Å². The van der Waals surface area contributed by atoms with Gasteiger partial charge in [-0.2, -0.15) is 13.1 Å². The van der Waals surface area contributed by atoms with E-state index in [2.05, 4.69) is 20.3 Å². The second-order valence-electron chi connectivity index (χ2n) is 7.78. The summed E-state index contributed by atoms with van der Waals surface area (Å²) in [5, 5.41) is 14.1. The van der Waals surface area contributed by atoms with Gasteiger partial charge in [-0.25, -0.2) is 4.98 Å². The number of H-pyrrole nitrogens is 1. The van der Waals surface area contributed by atoms with Gasteiger partial charge in [0.25, 0.3) is 10.1 Å². The molecule has 182 valence electrons. The van der Waals surface area contributed by atoms with Gasteiger partial charge in [0.15, 0.2) is 5.69 Å². The number of aryl methyl sites for hydroxylation is 1. The third-order valence-electron chi connectivity index (χ3n) is 5.48. The minimum atomic E-state index is -4.61. The van der Waals surface area contributed by atoms with Gasteiger partial charge in [0, 0.05) is 16.3 Å². The average Bonchev–Trinajstić information content (AvgIpc) is 3.46. The largest absolute Gasteiger partial charge is 0.497 e. The van der Waals surface area contributed by atoms with E-state index in [1.54, 1.807) is 44.4 Å². The Morgan fingerprint density at radius 3 is 2.53 bits per heavy atom. The van der Waals surface area contributed by atoms with Gasteiger partial charge >= 0.3 is 5.56 Å². The Balaban J connectivity index is 1.52. The van der Waals surface area contributed by atoms with Crippen molar-refractivity contribution in [2.24, 2.45) is 10.2 Å². The molecule has 36 heavy (non-hydrogen) atoms. The lowest BCUT2D eigenvalue weighted by molar-refractivity contribution is 0.415. The van der Waals surface area contributed by atoms with Crippen molar-refractivity contribution in [3.63, 3.8) is 0 Å². The van der Waals surface area contributed by atoms with Crippen LogP contribution in [0.1, 0.15) is 5.69 Å². The standard InChI is InChI=1S/C24H19N5O5S2/c1-14-21(27-26-19-12-9-15-5-3-4-6-18(15)22(19)36(31,32)33)23(30)29(28-14)24-25-20(13-35-24)16-7-10-17(34-2)11-8-16/h3-13,28H,1-2H3,(H,31,32,33). The summed E-state index contributed by atoms with van der Waals surface area (Å²) < 4.78 is 40.5. The Labute approximate surface area is 209 Å². The molecule has 5 rings (SSSR count). The maximum Gasteiger partial charge on any atom is 0.301 e. The zero-order valence-electron chi connectivity index (χ0n) is 19.0. The van der Waals surface area contributed by atoms with Crippen molar-refractivity contribution >= 4 is 43.6 Å². The number of ether oxygens (including phenoxy) is 1. The van der Waals surface area contributed by atoms with Crippen LogP contribution in [0, 0.1) is 6.92 Å². The van der Waals surface area contributed by atoms with Gasteiger partial charge in [0.2, 0.25) is 5.13 Å². The van der Waals surface area contributed by atoms with Crippen LogP contribution < -0.4 is 10.3 Å². The Bertz CT molecular complexity index is 1780. The first-order valence-corrected chi connectivity index (χ1v) is 12.9. The van der Waals surface area contributed by atoms with Crippen LogP contribution in [-0.4, -0.2) is 34.8 Å². The van der Waals surface area contributed by atoms with Crippen molar-refractivity contribution in [3.05, 3.63) is 82.1 Å². The molecule has 0 aliphatic heterocycles. The SMILES string of the molecule is COc1ccc(-c2csc(-n3[nH]c(C)c(N=Nc4ccc5ccccc5c4S(=O)(=O)O)c3=O)n2)cc1. The van der Waals surface area contributed by atoms with Crippen LogP contribution in [0.5, 0.6) is 5.75 Å². The number of aromatic nitrogens is 3. The molecule has 2 heterocycles. The first kappa shape index (κ1) is 23.6. The van der Waals surface area contributed by atoms with Crippen LogP contribution in [0.3, 0.4) is 0 Å². The highest BCUT2D eigenvalue weighted by Gasteiger charge is 2.20. The van der Waals surface area contributed by atoms with Crippen molar-refractivity contribution in [1.29, 1.82) is 0 Å². The molecule has 0 aliphatic carbocycles. The first-order chi connectivity index (χ1) is 17.3. The van der Waals surface area contributed by atoms with Gasteiger partial charge in [0.1, 0.15) is 16.3 Å². The zero-order chi connectivity index (χ0) is 25.4. The minimum absolute atomic E-state index is 0.00866. The van der Waals surface area contributed by atoms with Gasteiger partial charge in [0.05, 0.1) is 18.5 Å². The maximum absolute atomic E-state index is 13.1. The molecule has 0 bridgehead atoms. The number of azo groups is 1. The number of hydrogen-bond donors (Lipinski definition) is 2. The van der Waals surface area contributed by atoms with Gasteiger partial charge in [-0.15, -0.1) is 21.6 Å². The zero-order valence-corrected chi connectivity index (χ0v) is 20.7. The van der Waals surface area contributed by atoms with E-state index in [1.807, 2.05) is 29.6 Å². The van der Waals surface area contributed by atoms with Crippen molar-refractivity contribution in [3.8, 4) is 22.1 Å². The summed E-state index contributed by atoms with van der Waals surface area (Å²) in [6.45, 7) is 1.65. The van der Waals surface area contributed by atoms with Gasteiger partial charge in [-0.05, 0) is 42.6 Å². The number of nitrogens with one attached hydrogen (secondary N) is 1. The second-order valence-corrected chi connectivity index (χ2v) is 9.97.